The first kappa shape index (κ1) is 82.1. The summed E-state index contributed by atoms with van der Waals surface area (Å²) in [4.78, 5) is 48.2. The zero-order chi connectivity index (χ0) is 62.0. The summed E-state index contributed by atoms with van der Waals surface area (Å²) in [7, 11) is 6.39. The van der Waals surface area contributed by atoms with Crippen molar-refractivity contribution >= 4 is 17.9 Å². The summed E-state index contributed by atoms with van der Waals surface area (Å²) >= 11 is 0. The number of hydrogen-bond donors (Lipinski definition) is 1. The fourth-order valence-corrected chi connectivity index (χ4v) is 6.60. The lowest BCUT2D eigenvalue weighted by Gasteiger charge is -2.34. The molecule has 0 saturated carbocycles. The molecular formula is C65H134N6O7. The van der Waals surface area contributed by atoms with E-state index in [0.29, 0.717) is 42.6 Å². The maximum absolute atomic E-state index is 12.2. The average molecular weight is 1110 g/mol. The molecule has 0 bridgehead atoms. The second-order valence-electron chi connectivity index (χ2n) is 31.5. The molecule has 0 atom stereocenters. The number of carbonyl (C=O) groups is 3. The van der Waals surface area contributed by atoms with Crippen molar-refractivity contribution in [3.05, 3.63) is 11.4 Å². The number of likely N-dealkylation sites (N-methyl/N-ethyl adjacent to an activating group) is 1. The largest absolute Gasteiger partial charge is 0.465 e. The van der Waals surface area contributed by atoms with Gasteiger partial charge in [0.25, 0.3) is 0 Å². The zero-order valence-corrected chi connectivity index (χ0v) is 57.1. The van der Waals surface area contributed by atoms with Gasteiger partial charge in [-0.05, 0) is 160 Å². The zero-order valence-electron chi connectivity index (χ0n) is 57.1. The van der Waals surface area contributed by atoms with Gasteiger partial charge in [0, 0.05) is 45.7 Å². The highest BCUT2D eigenvalue weighted by molar-refractivity contribution is 5.79. The molecule has 2 saturated heterocycles. The summed E-state index contributed by atoms with van der Waals surface area (Å²) in [6, 6.07) is 0. The highest BCUT2D eigenvalue weighted by atomic mass is 16.5. The molecule has 2 N–H and O–H groups in total. The molecule has 0 radical (unpaired) electrons. The lowest BCUT2D eigenvalue weighted by molar-refractivity contribution is -0.156. The van der Waals surface area contributed by atoms with Crippen LogP contribution in [0, 0.1) is 49.9 Å². The summed E-state index contributed by atoms with van der Waals surface area (Å²) in [6.45, 7) is 72.6. The van der Waals surface area contributed by atoms with Crippen LogP contribution in [0.1, 0.15) is 231 Å². The third kappa shape index (κ3) is 58.3. The Labute approximate surface area is 485 Å². The van der Waals surface area contributed by atoms with Gasteiger partial charge >= 0.3 is 17.9 Å². The third-order valence-corrected chi connectivity index (χ3v) is 13.0. The van der Waals surface area contributed by atoms with Crippen molar-refractivity contribution in [3.8, 4) is 0 Å². The lowest BCUT2D eigenvalue weighted by atomic mass is 9.89. The molecule has 2 aliphatic rings. The molecule has 13 nitrogen and oxygen atoms in total. The van der Waals surface area contributed by atoms with Crippen LogP contribution in [-0.2, 0) is 33.3 Å². The van der Waals surface area contributed by atoms with Crippen LogP contribution < -0.4 is 5.73 Å². The number of nitrogens with zero attached hydrogens (tertiary/aromatic N) is 5. The SMILES string of the molecule is CC(C)(C)CCOC(=O)C(C)(C)CCN1CCOCC1.CC(C)(C)CCOC(=O)C(C)(C)N.CCCC(C)(C)C.CN(C)CCC(C)(C)C.CN1CCN(CCC(C)(C)C(=O)OCCC(C)(C)C)CC1.[C-]#[N+]CCC(C)(C)C. The molecule has 2 fully saturated rings. The Kier molecular flexibility index (Phi) is 41.3. The van der Waals surface area contributed by atoms with E-state index in [2.05, 4.69) is 177 Å². The molecule has 0 unspecified atom stereocenters. The monoisotopic (exact) mass is 1110 g/mol. The molecule has 0 aromatic heterocycles. The Hall–Kier alpha value is -2.34. The van der Waals surface area contributed by atoms with Crippen molar-refractivity contribution < 1.29 is 33.3 Å². The van der Waals surface area contributed by atoms with Crippen molar-refractivity contribution in [1.29, 1.82) is 0 Å². The number of nitrogens with two attached hydrogens (primary N) is 1. The average Bonchev–Trinajstić information content (AvgIpc) is 3.25. The molecule has 13 heteroatoms. The van der Waals surface area contributed by atoms with Crippen LogP contribution in [0.4, 0.5) is 0 Å². The second kappa shape index (κ2) is 39.2. The van der Waals surface area contributed by atoms with E-state index in [1.165, 1.54) is 25.8 Å². The normalized spacial score (nSPS) is 15.4. The Bertz CT molecular complexity index is 1580. The highest BCUT2D eigenvalue weighted by Crippen LogP contribution is 2.27. The number of ether oxygens (including phenoxy) is 4. The van der Waals surface area contributed by atoms with Crippen LogP contribution in [-0.4, -0.2) is 163 Å². The topological polar surface area (TPSA) is 131 Å². The fourth-order valence-electron chi connectivity index (χ4n) is 6.60. The van der Waals surface area contributed by atoms with Crippen molar-refractivity contribution in [1.82, 2.24) is 19.6 Å². The summed E-state index contributed by atoms with van der Waals surface area (Å²) < 4.78 is 21.3. The Balaban J connectivity index is -0.000000443. The van der Waals surface area contributed by atoms with Crippen LogP contribution in [0.3, 0.4) is 0 Å². The summed E-state index contributed by atoms with van der Waals surface area (Å²) in [5, 5.41) is 0. The molecule has 0 aromatic rings. The number of piperazine rings is 1. The summed E-state index contributed by atoms with van der Waals surface area (Å²) in [6.07, 6.45) is 9.31. The van der Waals surface area contributed by atoms with Gasteiger partial charge in [-0.25, -0.2) is 6.57 Å². The molecule has 78 heavy (non-hydrogen) atoms. The molecule has 0 aromatic carbocycles. The van der Waals surface area contributed by atoms with E-state index >= 15 is 0 Å². The summed E-state index contributed by atoms with van der Waals surface area (Å²) in [5.74, 6) is -0.465. The van der Waals surface area contributed by atoms with E-state index in [0.717, 1.165) is 104 Å². The van der Waals surface area contributed by atoms with E-state index < -0.39 is 11.0 Å². The van der Waals surface area contributed by atoms with Crippen molar-refractivity contribution in [2.45, 2.75) is 236 Å². The first-order valence-electron chi connectivity index (χ1n) is 30.0. The molecule has 0 spiro atoms. The van der Waals surface area contributed by atoms with Gasteiger partial charge in [-0.15, -0.1) is 0 Å². The van der Waals surface area contributed by atoms with Gasteiger partial charge in [-0.1, -0.05) is 138 Å². The number of morpholine rings is 1. The molecule has 2 heterocycles. The van der Waals surface area contributed by atoms with Crippen LogP contribution in [0.25, 0.3) is 4.85 Å². The van der Waals surface area contributed by atoms with Gasteiger partial charge in [0.2, 0.25) is 6.54 Å². The fraction of sp³-hybridized carbons (Fsp3) is 0.938. The molecule has 0 aliphatic carbocycles. The van der Waals surface area contributed by atoms with Crippen LogP contribution in [0.5, 0.6) is 0 Å². The quantitative estimate of drug-likeness (QED) is 0.0750. The van der Waals surface area contributed by atoms with Gasteiger partial charge in [-0.2, -0.15) is 0 Å². The minimum absolute atomic E-state index is 0.0547. The second-order valence-corrected chi connectivity index (χ2v) is 31.5. The van der Waals surface area contributed by atoms with E-state index in [-0.39, 0.29) is 39.6 Å². The van der Waals surface area contributed by atoms with Crippen LogP contribution in [0.2, 0.25) is 0 Å². The van der Waals surface area contributed by atoms with E-state index in [4.69, 9.17) is 31.3 Å². The van der Waals surface area contributed by atoms with E-state index in [1.54, 1.807) is 13.8 Å². The molecule has 466 valence electrons. The number of hydrogen-bond acceptors (Lipinski definition) is 12. The minimum atomic E-state index is -0.877. The standard InChI is InChI=1S/C17H34N2O2.C16H31NO3.C10H21NO2.C8H19N.C7H13N.C7H16/c1-16(2,3)8-14-21-15(20)17(4,5)7-9-19-12-10-18(6)11-13-19;1-15(2,3)7-11-20-14(18)16(4,5)6-8-17-9-12-19-13-10-17;1-9(2,3)6-7-13-8(12)10(4,5)11;1-8(2,3)6-7-9(4)5;1-7(2,3)5-6-8-4;1-5-6-7(2,3)4/h7-14H2,1-6H3;6-13H2,1-5H3;6-7,11H2,1-5H3;6-7H2,1-5H3;5-6H2,1-3H3;5-6H2,1-4H3. The van der Waals surface area contributed by atoms with Crippen LogP contribution in [0.15, 0.2) is 0 Å². The maximum Gasteiger partial charge on any atom is 0.325 e. The van der Waals surface area contributed by atoms with Gasteiger partial charge in [0.15, 0.2) is 0 Å². The van der Waals surface area contributed by atoms with E-state index in [1.807, 2.05) is 27.7 Å². The highest BCUT2D eigenvalue weighted by Gasteiger charge is 2.32. The molecule has 2 rings (SSSR count). The number of esters is 3. The smallest absolute Gasteiger partial charge is 0.325 e. The Morgan fingerprint density at radius 3 is 1.05 bits per heavy atom. The Morgan fingerprint density at radius 1 is 0.487 bits per heavy atom. The number of carbonyl (C=O) groups excluding carboxylic acids is 3. The van der Waals surface area contributed by atoms with Gasteiger partial charge < -0.3 is 44.2 Å². The van der Waals surface area contributed by atoms with Gasteiger partial charge in [-0.3, -0.25) is 19.3 Å². The lowest BCUT2D eigenvalue weighted by Crippen LogP contribution is -2.45. The maximum atomic E-state index is 12.2. The van der Waals surface area contributed by atoms with Crippen molar-refractivity contribution in [2.75, 3.05) is 120 Å². The minimum Gasteiger partial charge on any atom is -0.465 e. The van der Waals surface area contributed by atoms with E-state index in [9.17, 15) is 14.4 Å². The molecule has 0 amide bonds. The number of rotatable bonds is 19. The molecule has 2 aliphatic heterocycles. The van der Waals surface area contributed by atoms with Crippen molar-refractivity contribution in [3.63, 3.8) is 0 Å². The van der Waals surface area contributed by atoms with Crippen LogP contribution >= 0.6 is 0 Å². The van der Waals surface area contributed by atoms with Crippen molar-refractivity contribution in [2.24, 2.45) is 49.1 Å². The molecular weight excluding hydrogens is 977 g/mol. The third-order valence-electron chi connectivity index (χ3n) is 13.0. The Morgan fingerprint density at radius 2 is 0.808 bits per heavy atom. The summed E-state index contributed by atoms with van der Waals surface area (Å²) in [5.41, 5.74) is 5.87. The predicted molar refractivity (Wildman–Crippen MR) is 334 cm³/mol. The first-order valence-corrected chi connectivity index (χ1v) is 30.0. The van der Waals surface area contributed by atoms with Gasteiger partial charge in [0.1, 0.15) is 5.54 Å². The predicted octanol–water partition coefficient (Wildman–Crippen LogP) is 14.2. The first-order chi connectivity index (χ1) is 35.0. The van der Waals surface area contributed by atoms with Gasteiger partial charge in [0.05, 0.1) is 43.9 Å².